The number of fused-ring (bicyclic) bond motifs is 1. The first-order valence-electron chi connectivity index (χ1n) is 8.22. The number of H-pyrrole nitrogens is 1. The van der Waals surface area contributed by atoms with Crippen LogP contribution in [0.5, 0.6) is 0 Å². The third-order valence-electron chi connectivity index (χ3n) is 4.50. The van der Waals surface area contributed by atoms with Crippen molar-refractivity contribution in [2.75, 3.05) is 13.1 Å². The number of aromatic amines is 1. The van der Waals surface area contributed by atoms with Gasteiger partial charge in [-0.05, 0) is 31.0 Å². The molecule has 0 atom stereocenters. The lowest BCUT2D eigenvalue weighted by Crippen LogP contribution is -2.45. The van der Waals surface area contributed by atoms with E-state index in [1.807, 2.05) is 25.7 Å². The molecular weight excluding hydrogens is 308 g/mol. The topological polar surface area (TPSA) is 83.4 Å². The van der Waals surface area contributed by atoms with Gasteiger partial charge in [-0.1, -0.05) is 20.8 Å². The molecule has 6 heteroatoms. The van der Waals surface area contributed by atoms with E-state index in [9.17, 15) is 14.4 Å². The molecule has 1 aromatic carbocycles. The predicted molar refractivity (Wildman–Crippen MR) is 89.9 cm³/mol. The van der Waals surface area contributed by atoms with Crippen LogP contribution in [0.15, 0.2) is 27.4 Å². The van der Waals surface area contributed by atoms with E-state index >= 15 is 0 Å². The number of amides is 1. The monoisotopic (exact) mass is 330 g/mol. The average molecular weight is 330 g/mol. The van der Waals surface area contributed by atoms with Crippen LogP contribution in [-0.2, 0) is 4.79 Å². The van der Waals surface area contributed by atoms with Crippen molar-refractivity contribution in [1.82, 2.24) is 9.88 Å². The largest absolute Gasteiger partial charge is 0.417 e. The van der Waals surface area contributed by atoms with E-state index in [0.29, 0.717) is 42.6 Å². The van der Waals surface area contributed by atoms with Crippen molar-refractivity contribution >= 4 is 22.8 Å². The minimum absolute atomic E-state index is 0.0450. The molecule has 6 nitrogen and oxygen atoms in total. The summed E-state index contributed by atoms with van der Waals surface area (Å²) in [6, 6.07) is 5.01. The first-order valence-corrected chi connectivity index (χ1v) is 8.22. The van der Waals surface area contributed by atoms with Gasteiger partial charge in [0.25, 0.3) is 0 Å². The van der Waals surface area contributed by atoms with Crippen LogP contribution in [-0.4, -0.2) is 34.7 Å². The summed E-state index contributed by atoms with van der Waals surface area (Å²) in [5, 5.41) is 0. The Hall–Kier alpha value is -2.37. The molecule has 128 valence electrons. The zero-order valence-corrected chi connectivity index (χ0v) is 14.2. The SMILES string of the molecule is CC(C)(C)C(=O)N1CCC(C(=O)c2ccc3[nH]c(=O)oc3c2)CC1. The van der Waals surface area contributed by atoms with Crippen molar-refractivity contribution in [3.63, 3.8) is 0 Å². The van der Waals surface area contributed by atoms with Gasteiger partial charge >= 0.3 is 5.76 Å². The van der Waals surface area contributed by atoms with Crippen molar-refractivity contribution in [3.8, 4) is 0 Å². The smallest absolute Gasteiger partial charge is 0.408 e. The van der Waals surface area contributed by atoms with E-state index in [1.54, 1.807) is 18.2 Å². The van der Waals surface area contributed by atoms with E-state index in [0.717, 1.165) is 0 Å². The second kappa shape index (κ2) is 5.92. The van der Waals surface area contributed by atoms with Gasteiger partial charge in [0.05, 0.1) is 5.52 Å². The number of oxazole rings is 1. The van der Waals surface area contributed by atoms with Gasteiger partial charge in [-0.2, -0.15) is 0 Å². The van der Waals surface area contributed by atoms with Gasteiger partial charge < -0.3 is 9.32 Å². The third-order valence-corrected chi connectivity index (χ3v) is 4.50. The van der Waals surface area contributed by atoms with Gasteiger partial charge in [-0.25, -0.2) is 4.79 Å². The fraction of sp³-hybridized carbons (Fsp3) is 0.500. The molecule has 1 aliphatic heterocycles. The molecule has 2 heterocycles. The zero-order chi connectivity index (χ0) is 17.5. The predicted octanol–water partition coefficient (Wildman–Crippen LogP) is 2.59. The zero-order valence-electron chi connectivity index (χ0n) is 14.2. The number of carbonyl (C=O) groups excluding carboxylic acids is 2. The molecule has 0 unspecified atom stereocenters. The molecule has 1 fully saturated rings. The fourth-order valence-electron chi connectivity index (χ4n) is 3.15. The first kappa shape index (κ1) is 16.5. The lowest BCUT2D eigenvalue weighted by Gasteiger charge is -2.35. The number of hydrogen-bond acceptors (Lipinski definition) is 4. The average Bonchev–Trinajstić information content (AvgIpc) is 2.91. The minimum atomic E-state index is -0.524. The number of aromatic nitrogens is 1. The molecule has 0 aliphatic carbocycles. The maximum absolute atomic E-state index is 12.7. The van der Waals surface area contributed by atoms with E-state index < -0.39 is 11.2 Å². The third kappa shape index (κ3) is 3.13. The van der Waals surface area contributed by atoms with Crippen molar-refractivity contribution in [1.29, 1.82) is 0 Å². The molecule has 3 rings (SSSR count). The highest BCUT2D eigenvalue weighted by Gasteiger charge is 2.32. The highest BCUT2D eigenvalue weighted by molar-refractivity contribution is 6.00. The fourth-order valence-corrected chi connectivity index (χ4v) is 3.15. The van der Waals surface area contributed by atoms with Crippen molar-refractivity contribution in [3.05, 3.63) is 34.3 Å². The Morgan fingerprint density at radius 3 is 2.50 bits per heavy atom. The van der Waals surface area contributed by atoms with Crippen LogP contribution < -0.4 is 5.76 Å². The summed E-state index contributed by atoms with van der Waals surface area (Å²) in [7, 11) is 0. The number of Topliss-reactive ketones (excluding diaryl/α,β-unsaturated/α-hetero) is 1. The molecule has 0 bridgehead atoms. The summed E-state index contributed by atoms with van der Waals surface area (Å²) >= 11 is 0. The molecule has 0 radical (unpaired) electrons. The van der Waals surface area contributed by atoms with Crippen molar-refractivity contribution < 1.29 is 14.0 Å². The van der Waals surface area contributed by atoms with Gasteiger partial charge in [0.15, 0.2) is 11.4 Å². The number of benzene rings is 1. The van der Waals surface area contributed by atoms with Crippen molar-refractivity contribution in [2.24, 2.45) is 11.3 Å². The van der Waals surface area contributed by atoms with Gasteiger partial charge in [-0.15, -0.1) is 0 Å². The van der Waals surface area contributed by atoms with Crippen LogP contribution in [0, 0.1) is 11.3 Å². The Morgan fingerprint density at radius 2 is 1.88 bits per heavy atom. The summed E-state index contributed by atoms with van der Waals surface area (Å²) in [5.74, 6) is -0.451. The van der Waals surface area contributed by atoms with Crippen LogP contribution in [0.1, 0.15) is 44.0 Å². The van der Waals surface area contributed by atoms with Crippen LogP contribution >= 0.6 is 0 Å². The Kier molecular flexibility index (Phi) is 4.07. The molecule has 1 aromatic heterocycles. The number of ketones is 1. The second-order valence-electron chi connectivity index (χ2n) is 7.41. The summed E-state index contributed by atoms with van der Waals surface area (Å²) in [6.07, 6.45) is 1.32. The summed E-state index contributed by atoms with van der Waals surface area (Å²) in [4.78, 5) is 40.6. The Balaban J connectivity index is 1.70. The van der Waals surface area contributed by atoms with E-state index in [-0.39, 0.29) is 17.6 Å². The molecule has 0 spiro atoms. The number of nitrogens with zero attached hydrogens (tertiary/aromatic N) is 1. The van der Waals surface area contributed by atoms with Gasteiger partial charge in [0, 0.05) is 30.0 Å². The number of carbonyl (C=O) groups is 2. The molecule has 24 heavy (non-hydrogen) atoms. The molecule has 1 amide bonds. The highest BCUT2D eigenvalue weighted by atomic mass is 16.4. The van der Waals surface area contributed by atoms with Crippen LogP contribution in [0.3, 0.4) is 0 Å². The van der Waals surface area contributed by atoms with Crippen LogP contribution in [0.4, 0.5) is 0 Å². The molecule has 1 aliphatic rings. The quantitative estimate of drug-likeness (QED) is 0.858. The first-order chi connectivity index (χ1) is 11.3. The minimum Gasteiger partial charge on any atom is -0.408 e. The van der Waals surface area contributed by atoms with E-state index in [1.165, 1.54) is 0 Å². The maximum Gasteiger partial charge on any atom is 0.417 e. The number of piperidine rings is 1. The molecule has 1 N–H and O–H groups in total. The Morgan fingerprint density at radius 1 is 1.21 bits per heavy atom. The second-order valence-corrected chi connectivity index (χ2v) is 7.41. The Bertz CT molecular complexity index is 833. The van der Waals surface area contributed by atoms with Crippen LogP contribution in [0.25, 0.3) is 11.1 Å². The van der Waals surface area contributed by atoms with E-state index in [4.69, 9.17) is 4.42 Å². The summed E-state index contributed by atoms with van der Waals surface area (Å²) in [6.45, 7) is 6.94. The molecular formula is C18H22N2O4. The van der Waals surface area contributed by atoms with Crippen LogP contribution in [0.2, 0.25) is 0 Å². The van der Waals surface area contributed by atoms with Gasteiger partial charge in [-0.3, -0.25) is 14.6 Å². The maximum atomic E-state index is 12.7. The summed E-state index contributed by atoms with van der Waals surface area (Å²) < 4.78 is 5.02. The van der Waals surface area contributed by atoms with E-state index in [2.05, 4.69) is 4.98 Å². The molecule has 0 saturated carbocycles. The number of nitrogens with one attached hydrogen (secondary N) is 1. The molecule has 1 saturated heterocycles. The number of hydrogen-bond donors (Lipinski definition) is 1. The van der Waals surface area contributed by atoms with Gasteiger partial charge in [0.1, 0.15) is 0 Å². The lowest BCUT2D eigenvalue weighted by molar-refractivity contribution is -0.140. The number of likely N-dealkylation sites (tertiary alicyclic amines) is 1. The summed E-state index contributed by atoms with van der Waals surface area (Å²) in [5.41, 5.74) is 1.13. The lowest BCUT2D eigenvalue weighted by atomic mass is 9.87. The van der Waals surface area contributed by atoms with Gasteiger partial charge in [0.2, 0.25) is 5.91 Å². The highest BCUT2D eigenvalue weighted by Crippen LogP contribution is 2.26. The number of rotatable bonds is 2. The molecule has 2 aromatic rings. The normalized spacial score (nSPS) is 16.5. The Labute approximate surface area is 139 Å². The standard InChI is InChI=1S/C18H22N2O4/c1-18(2,3)16(22)20-8-6-11(7-9-20)15(21)12-4-5-13-14(10-12)24-17(23)19-13/h4-5,10-11H,6-9H2,1-3H3,(H,19,23). The van der Waals surface area contributed by atoms with Crippen molar-refractivity contribution in [2.45, 2.75) is 33.6 Å².